The van der Waals surface area contributed by atoms with Gasteiger partial charge in [-0.05, 0) is 25.1 Å². The minimum Gasteiger partial charge on any atom is -0.381 e. The van der Waals surface area contributed by atoms with Crippen molar-refractivity contribution in [3.8, 4) is 11.3 Å². The molecule has 2 atom stereocenters. The van der Waals surface area contributed by atoms with E-state index in [0.717, 1.165) is 29.2 Å². The number of hydrogen-bond acceptors (Lipinski definition) is 6. The van der Waals surface area contributed by atoms with Crippen LogP contribution in [-0.4, -0.2) is 51.9 Å². The molecule has 0 saturated carbocycles. The molecule has 0 spiro atoms. The fraction of sp³-hybridized carbons (Fsp3) is 0.304. The lowest BCUT2D eigenvalue weighted by Gasteiger charge is -2.42. The lowest BCUT2D eigenvalue weighted by atomic mass is 9.85. The predicted molar refractivity (Wildman–Crippen MR) is 116 cm³/mol. The number of nitrogens with zero attached hydrogens (tertiary/aromatic N) is 7. The van der Waals surface area contributed by atoms with Gasteiger partial charge in [-0.15, -0.1) is 0 Å². The molecule has 1 aliphatic heterocycles. The van der Waals surface area contributed by atoms with E-state index in [1.54, 1.807) is 12.4 Å². The van der Waals surface area contributed by atoms with Crippen molar-refractivity contribution in [1.82, 2.24) is 34.2 Å². The molecule has 0 unspecified atom stereocenters. The molecular formula is C23H23F2N7O. The molecule has 10 heteroatoms. The highest BCUT2D eigenvalue weighted by molar-refractivity contribution is 5.57. The van der Waals surface area contributed by atoms with Gasteiger partial charge in [0.1, 0.15) is 35.7 Å². The van der Waals surface area contributed by atoms with Crippen molar-refractivity contribution >= 4 is 0 Å². The van der Waals surface area contributed by atoms with Crippen LogP contribution in [0.15, 0.2) is 61.6 Å². The van der Waals surface area contributed by atoms with Crippen molar-refractivity contribution in [2.45, 2.75) is 38.2 Å². The Morgan fingerprint density at radius 3 is 2.67 bits per heavy atom. The van der Waals surface area contributed by atoms with Gasteiger partial charge >= 0.3 is 0 Å². The van der Waals surface area contributed by atoms with Crippen LogP contribution in [0, 0.1) is 11.6 Å². The van der Waals surface area contributed by atoms with Crippen LogP contribution in [0.4, 0.5) is 8.78 Å². The zero-order valence-corrected chi connectivity index (χ0v) is 18.0. The number of aromatic nitrogens is 6. The summed E-state index contributed by atoms with van der Waals surface area (Å²) in [6, 6.07) is 6.52. The van der Waals surface area contributed by atoms with E-state index >= 15 is 0 Å². The lowest BCUT2D eigenvalue weighted by molar-refractivity contribution is -0.0709. The average molecular weight is 451 g/mol. The van der Waals surface area contributed by atoms with Gasteiger partial charge in [0.15, 0.2) is 0 Å². The summed E-state index contributed by atoms with van der Waals surface area (Å²) in [7, 11) is 0. The third-order valence-corrected chi connectivity index (χ3v) is 6.31. The van der Waals surface area contributed by atoms with Crippen LogP contribution in [0.5, 0.6) is 0 Å². The Morgan fingerprint density at radius 2 is 1.94 bits per heavy atom. The van der Waals surface area contributed by atoms with E-state index in [0.29, 0.717) is 19.6 Å². The molecule has 1 N–H and O–H groups in total. The molecule has 1 aliphatic rings. The van der Waals surface area contributed by atoms with Crippen LogP contribution in [0.1, 0.15) is 18.3 Å². The predicted octanol–water partition coefficient (Wildman–Crippen LogP) is 2.61. The van der Waals surface area contributed by atoms with Crippen molar-refractivity contribution in [3.63, 3.8) is 0 Å². The molecule has 0 aliphatic carbocycles. The van der Waals surface area contributed by atoms with Crippen LogP contribution in [0.2, 0.25) is 0 Å². The second-order valence-corrected chi connectivity index (χ2v) is 8.26. The van der Waals surface area contributed by atoms with E-state index in [-0.39, 0.29) is 12.1 Å². The Hall–Kier alpha value is -3.50. The molecular weight excluding hydrogens is 428 g/mol. The maximum atomic E-state index is 14.8. The number of hydrogen-bond donors (Lipinski definition) is 1. The van der Waals surface area contributed by atoms with Crippen molar-refractivity contribution in [2.75, 3.05) is 6.54 Å². The van der Waals surface area contributed by atoms with Gasteiger partial charge in [0.2, 0.25) is 0 Å². The van der Waals surface area contributed by atoms with E-state index in [1.807, 2.05) is 25.3 Å². The maximum absolute atomic E-state index is 14.8. The highest BCUT2D eigenvalue weighted by Gasteiger charge is 2.43. The molecule has 0 saturated heterocycles. The molecule has 5 rings (SSSR count). The summed E-state index contributed by atoms with van der Waals surface area (Å²) in [4.78, 5) is 14.8. The first-order valence-electron chi connectivity index (χ1n) is 10.6. The normalized spacial score (nSPS) is 16.8. The van der Waals surface area contributed by atoms with Gasteiger partial charge in [-0.2, -0.15) is 5.10 Å². The summed E-state index contributed by atoms with van der Waals surface area (Å²) in [5.41, 5.74) is 0.152. The second kappa shape index (κ2) is 8.45. The van der Waals surface area contributed by atoms with E-state index in [9.17, 15) is 13.9 Å². The average Bonchev–Trinajstić information content (AvgIpc) is 3.48. The highest BCUT2D eigenvalue weighted by atomic mass is 19.1. The van der Waals surface area contributed by atoms with Crippen LogP contribution >= 0.6 is 0 Å². The molecule has 4 heterocycles. The molecule has 3 aromatic heterocycles. The SMILES string of the molecule is C[C@@H](N1CCn2cc(-c3ccncc3)nc2C1)[C@](O)(Cn1cncn1)c1ccc(F)cc1F. The van der Waals surface area contributed by atoms with Crippen molar-refractivity contribution < 1.29 is 13.9 Å². The quantitative estimate of drug-likeness (QED) is 0.485. The topological polar surface area (TPSA) is 84.9 Å². The van der Waals surface area contributed by atoms with Gasteiger partial charge in [0, 0.05) is 54.9 Å². The summed E-state index contributed by atoms with van der Waals surface area (Å²) in [6.45, 7) is 3.56. The zero-order valence-electron chi connectivity index (χ0n) is 18.0. The first-order valence-corrected chi connectivity index (χ1v) is 10.6. The Balaban J connectivity index is 1.46. The van der Waals surface area contributed by atoms with E-state index < -0.39 is 23.3 Å². The fourth-order valence-electron chi connectivity index (χ4n) is 4.41. The number of aliphatic hydroxyl groups is 1. The monoisotopic (exact) mass is 451 g/mol. The van der Waals surface area contributed by atoms with Gasteiger partial charge < -0.3 is 9.67 Å². The van der Waals surface area contributed by atoms with Gasteiger partial charge in [0.25, 0.3) is 0 Å². The standard InChI is InChI=1S/C23H23F2N7O/c1-16(23(33,13-32-15-27-14-28-32)19-3-2-18(24)10-20(19)25)30-8-9-31-11-21(29-22(31)12-30)17-4-6-26-7-5-17/h2-7,10-11,14-16,33H,8-9,12-13H2,1H3/t16-,23-/m1/s1. The van der Waals surface area contributed by atoms with Crippen molar-refractivity contribution in [2.24, 2.45) is 0 Å². The van der Waals surface area contributed by atoms with Crippen LogP contribution < -0.4 is 0 Å². The van der Waals surface area contributed by atoms with E-state index in [2.05, 4.69) is 24.5 Å². The molecule has 0 radical (unpaired) electrons. The molecule has 170 valence electrons. The Bertz CT molecular complexity index is 1250. The summed E-state index contributed by atoms with van der Waals surface area (Å²) < 4.78 is 32.0. The number of benzene rings is 1. The Morgan fingerprint density at radius 1 is 1.12 bits per heavy atom. The molecule has 0 fully saturated rings. The van der Waals surface area contributed by atoms with Gasteiger partial charge in [-0.3, -0.25) is 9.88 Å². The molecule has 0 amide bonds. The van der Waals surface area contributed by atoms with Gasteiger partial charge in [-0.1, -0.05) is 6.07 Å². The van der Waals surface area contributed by atoms with Gasteiger partial charge in [-0.25, -0.2) is 23.4 Å². The number of imidazole rings is 1. The van der Waals surface area contributed by atoms with Crippen LogP contribution in [-0.2, 0) is 25.2 Å². The Kier molecular flexibility index (Phi) is 5.47. The highest BCUT2D eigenvalue weighted by Crippen LogP contribution is 2.34. The number of rotatable bonds is 6. The van der Waals surface area contributed by atoms with Crippen molar-refractivity contribution in [1.29, 1.82) is 0 Å². The summed E-state index contributed by atoms with van der Waals surface area (Å²) in [6.07, 6.45) is 8.27. The van der Waals surface area contributed by atoms with E-state index in [4.69, 9.17) is 4.98 Å². The van der Waals surface area contributed by atoms with Crippen LogP contribution in [0.3, 0.4) is 0 Å². The van der Waals surface area contributed by atoms with Gasteiger partial charge in [0.05, 0.1) is 18.8 Å². The fourth-order valence-corrected chi connectivity index (χ4v) is 4.41. The van der Waals surface area contributed by atoms with E-state index in [1.165, 1.54) is 23.4 Å². The molecule has 0 bridgehead atoms. The Labute approximate surface area is 189 Å². The molecule has 33 heavy (non-hydrogen) atoms. The smallest absolute Gasteiger partial charge is 0.137 e. The third-order valence-electron chi connectivity index (χ3n) is 6.31. The third kappa shape index (κ3) is 4.03. The maximum Gasteiger partial charge on any atom is 0.137 e. The largest absolute Gasteiger partial charge is 0.381 e. The van der Waals surface area contributed by atoms with Crippen LogP contribution in [0.25, 0.3) is 11.3 Å². The molecule has 1 aromatic carbocycles. The number of halogens is 2. The lowest BCUT2D eigenvalue weighted by Crippen LogP contribution is -2.53. The number of pyridine rings is 1. The first kappa shape index (κ1) is 21.4. The summed E-state index contributed by atoms with van der Waals surface area (Å²) in [5.74, 6) is -0.652. The summed E-state index contributed by atoms with van der Waals surface area (Å²) >= 11 is 0. The minimum absolute atomic E-state index is 0.0123. The minimum atomic E-state index is -1.69. The number of fused-ring (bicyclic) bond motifs is 1. The summed E-state index contributed by atoms with van der Waals surface area (Å²) in [5, 5.41) is 15.9. The van der Waals surface area contributed by atoms with Crippen molar-refractivity contribution in [3.05, 3.63) is 84.6 Å². The molecule has 8 nitrogen and oxygen atoms in total. The zero-order chi connectivity index (χ0) is 23.0. The first-order chi connectivity index (χ1) is 15.9. The second-order valence-electron chi connectivity index (χ2n) is 8.26. The molecule has 4 aromatic rings.